The fourth-order valence-corrected chi connectivity index (χ4v) is 2.41. The van der Waals surface area contributed by atoms with Gasteiger partial charge in [0.25, 0.3) is 0 Å². The van der Waals surface area contributed by atoms with E-state index in [4.69, 9.17) is 0 Å². The molecule has 0 N–H and O–H groups in total. The minimum Gasteiger partial charge on any atom is -0.369 e. The first-order valence-corrected chi connectivity index (χ1v) is 6.55. The molecule has 3 rings (SSSR count). The maximum Gasteiger partial charge on any atom is 0.162 e. The van der Waals surface area contributed by atoms with Crippen LogP contribution in [0.15, 0.2) is 30.6 Å². The molecular formula is C13H18N6. The summed E-state index contributed by atoms with van der Waals surface area (Å²) in [7, 11) is 2.17. The largest absolute Gasteiger partial charge is 0.369 e. The van der Waals surface area contributed by atoms with Gasteiger partial charge >= 0.3 is 0 Å². The van der Waals surface area contributed by atoms with Crippen LogP contribution in [-0.4, -0.2) is 58.3 Å². The molecule has 1 aromatic heterocycles. The molecule has 0 amide bonds. The highest BCUT2D eigenvalue weighted by molar-refractivity contribution is 5.54. The molecule has 0 bridgehead atoms. The number of piperazine rings is 1. The van der Waals surface area contributed by atoms with Gasteiger partial charge in [-0.15, -0.1) is 10.2 Å². The van der Waals surface area contributed by atoms with Gasteiger partial charge in [0.15, 0.2) is 6.33 Å². The van der Waals surface area contributed by atoms with Crippen LogP contribution in [0.4, 0.5) is 5.69 Å². The van der Waals surface area contributed by atoms with Gasteiger partial charge in [-0.3, -0.25) is 0 Å². The van der Waals surface area contributed by atoms with Gasteiger partial charge in [0.2, 0.25) is 0 Å². The normalized spacial score (nSPS) is 16.8. The lowest BCUT2D eigenvalue weighted by molar-refractivity contribution is 0.312. The standard InChI is InChI=1S/C13H18N6/c1-17-6-8-18(9-7-17)13-5-3-2-4-12(13)10-19-15-11-14-16-19/h2-5,11H,6-10H2,1H3. The number of tetrazole rings is 1. The first kappa shape index (κ1) is 12.1. The van der Waals surface area contributed by atoms with Crippen LogP contribution in [0.2, 0.25) is 0 Å². The number of likely N-dealkylation sites (N-methyl/N-ethyl adjacent to an activating group) is 1. The molecular weight excluding hydrogens is 240 g/mol. The third-order valence-corrected chi connectivity index (χ3v) is 3.54. The summed E-state index contributed by atoms with van der Waals surface area (Å²) in [5.74, 6) is 0. The molecule has 1 aliphatic heterocycles. The van der Waals surface area contributed by atoms with Gasteiger partial charge < -0.3 is 9.80 Å². The van der Waals surface area contributed by atoms with E-state index in [1.807, 2.05) is 0 Å². The number of aromatic nitrogens is 4. The van der Waals surface area contributed by atoms with E-state index >= 15 is 0 Å². The Bertz CT molecular complexity index is 516. The average Bonchev–Trinajstić information content (AvgIpc) is 2.93. The summed E-state index contributed by atoms with van der Waals surface area (Å²) in [5, 5.41) is 11.8. The van der Waals surface area contributed by atoms with E-state index in [9.17, 15) is 0 Å². The van der Waals surface area contributed by atoms with Crippen molar-refractivity contribution in [3.63, 3.8) is 0 Å². The van der Waals surface area contributed by atoms with Crippen LogP contribution in [0.3, 0.4) is 0 Å². The molecule has 0 radical (unpaired) electrons. The van der Waals surface area contributed by atoms with Gasteiger partial charge in [0.05, 0.1) is 6.54 Å². The Morgan fingerprint density at radius 1 is 1.11 bits per heavy atom. The van der Waals surface area contributed by atoms with E-state index in [2.05, 4.69) is 56.5 Å². The molecule has 0 saturated carbocycles. The van der Waals surface area contributed by atoms with Crippen LogP contribution in [0.25, 0.3) is 0 Å². The number of hydrogen-bond donors (Lipinski definition) is 0. The van der Waals surface area contributed by atoms with Crippen molar-refractivity contribution in [3.05, 3.63) is 36.2 Å². The molecule has 1 aliphatic rings. The number of nitrogens with zero attached hydrogens (tertiary/aromatic N) is 6. The first-order valence-electron chi connectivity index (χ1n) is 6.55. The maximum absolute atomic E-state index is 4.08. The number of hydrogen-bond acceptors (Lipinski definition) is 5. The zero-order valence-electron chi connectivity index (χ0n) is 11.1. The second kappa shape index (κ2) is 5.36. The van der Waals surface area contributed by atoms with Gasteiger partial charge in [-0.1, -0.05) is 18.2 Å². The van der Waals surface area contributed by atoms with E-state index < -0.39 is 0 Å². The van der Waals surface area contributed by atoms with Gasteiger partial charge in [0, 0.05) is 31.9 Å². The lowest BCUT2D eigenvalue weighted by Crippen LogP contribution is -2.44. The lowest BCUT2D eigenvalue weighted by Gasteiger charge is -2.35. The zero-order chi connectivity index (χ0) is 13.1. The molecule has 2 heterocycles. The van der Waals surface area contributed by atoms with Crippen LogP contribution in [0.5, 0.6) is 0 Å². The highest BCUT2D eigenvalue weighted by Gasteiger charge is 2.16. The van der Waals surface area contributed by atoms with Crippen LogP contribution in [0, 0.1) is 0 Å². The fourth-order valence-electron chi connectivity index (χ4n) is 2.41. The SMILES string of the molecule is CN1CCN(c2ccccc2Cn2ncnn2)CC1. The van der Waals surface area contributed by atoms with Crippen molar-refractivity contribution in [3.8, 4) is 0 Å². The average molecular weight is 258 g/mol. The van der Waals surface area contributed by atoms with Gasteiger partial charge in [-0.05, 0) is 23.9 Å². The molecule has 0 spiro atoms. The topological polar surface area (TPSA) is 50.1 Å². The van der Waals surface area contributed by atoms with Crippen molar-refractivity contribution in [2.24, 2.45) is 0 Å². The Kier molecular flexibility index (Phi) is 3.41. The summed E-state index contributed by atoms with van der Waals surface area (Å²) in [6.45, 7) is 5.02. The van der Waals surface area contributed by atoms with Gasteiger partial charge in [-0.2, -0.15) is 4.80 Å². The number of para-hydroxylation sites is 1. The van der Waals surface area contributed by atoms with Crippen LogP contribution in [-0.2, 0) is 6.54 Å². The Balaban J connectivity index is 1.81. The third kappa shape index (κ3) is 2.73. The Labute approximate surface area is 112 Å². The molecule has 2 aromatic rings. The van der Waals surface area contributed by atoms with Crippen molar-refractivity contribution in [1.82, 2.24) is 25.1 Å². The summed E-state index contributed by atoms with van der Waals surface area (Å²) in [6.07, 6.45) is 1.47. The molecule has 6 heteroatoms. The lowest BCUT2D eigenvalue weighted by atomic mass is 10.1. The van der Waals surface area contributed by atoms with E-state index in [1.165, 1.54) is 17.6 Å². The Morgan fingerprint density at radius 3 is 2.63 bits per heavy atom. The maximum atomic E-state index is 4.08. The van der Waals surface area contributed by atoms with Crippen molar-refractivity contribution in [1.29, 1.82) is 0 Å². The highest BCUT2D eigenvalue weighted by atomic mass is 15.6. The zero-order valence-corrected chi connectivity index (χ0v) is 11.1. The predicted molar refractivity (Wildman–Crippen MR) is 73.1 cm³/mol. The summed E-state index contributed by atoms with van der Waals surface area (Å²) in [5.41, 5.74) is 2.53. The summed E-state index contributed by atoms with van der Waals surface area (Å²) in [4.78, 5) is 6.42. The molecule has 100 valence electrons. The number of anilines is 1. The first-order chi connectivity index (χ1) is 9.33. The monoisotopic (exact) mass is 258 g/mol. The van der Waals surface area contributed by atoms with E-state index in [0.717, 1.165) is 26.2 Å². The minimum atomic E-state index is 0.669. The smallest absolute Gasteiger partial charge is 0.162 e. The van der Waals surface area contributed by atoms with Crippen molar-refractivity contribution in [2.45, 2.75) is 6.54 Å². The number of benzene rings is 1. The Hall–Kier alpha value is -1.95. The summed E-state index contributed by atoms with van der Waals surface area (Å²) in [6, 6.07) is 8.46. The third-order valence-electron chi connectivity index (χ3n) is 3.54. The predicted octanol–water partition coefficient (Wildman–Crippen LogP) is 0.473. The van der Waals surface area contributed by atoms with E-state index in [1.54, 1.807) is 4.80 Å². The molecule has 6 nitrogen and oxygen atoms in total. The van der Waals surface area contributed by atoms with Crippen LogP contribution in [0.1, 0.15) is 5.56 Å². The number of rotatable bonds is 3. The molecule has 0 atom stereocenters. The molecule has 0 aliphatic carbocycles. The molecule has 19 heavy (non-hydrogen) atoms. The summed E-state index contributed by atoms with van der Waals surface area (Å²) < 4.78 is 0. The van der Waals surface area contributed by atoms with E-state index in [0.29, 0.717) is 6.54 Å². The van der Waals surface area contributed by atoms with Crippen LogP contribution < -0.4 is 4.90 Å². The van der Waals surface area contributed by atoms with Crippen molar-refractivity contribution in [2.75, 3.05) is 38.1 Å². The van der Waals surface area contributed by atoms with E-state index in [-0.39, 0.29) is 0 Å². The van der Waals surface area contributed by atoms with Crippen molar-refractivity contribution < 1.29 is 0 Å². The molecule has 1 fully saturated rings. The van der Waals surface area contributed by atoms with Gasteiger partial charge in [-0.25, -0.2) is 0 Å². The Morgan fingerprint density at radius 2 is 1.89 bits per heavy atom. The van der Waals surface area contributed by atoms with Crippen LogP contribution >= 0.6 is 0 Å². The minimum absolute atomic E-state index is 0.669. The summed E-state index contributed by atoms with van der Waals surface area (Å²) >= 11 is 0. The quantitative estimate of drug-likeness (QED) is 0.801. The van der Waals surface area contributed by atoms with Gasteiger partial charge in [0.1, 0.15) is 0 Å². The molecule has 0 unspecified atom stereocenters. The fraction of sp³-hybridized carbons (Fsp3) is 0.462. The second-order valence-electron chi connectivity index (χ2n) is 4.89. The molecule has 1 saturated heterocycles. The molecule has 1 aromatic carbocycles. The highest BCUT2D eigenvalue weighted by Crippen LogP contribution is 2.22. The second-order valence-corrected chi connectivity index (χ2v) is 4.89. The van der Waals surface area contributed by atoms with Crippen molar-refractivity contribution >= 4 is 5.69 Å².